The molecule has 3 aromatic carbocycles. The van der Waals surface area contributed by atoms with Crippen molar-refractivity contribution in [1.82, 2.24) is 9.88 Å². The summed E-state index contributed by atoms with van der Waals surface area (Å²) in [7, 11) is -1.61. The quantitative estimate of drug-likeness (QED) is 0.149. The number of rotatable bonds is 12. The smallest absolute Gasteiger partial charge is 0.410 e. The van der Waals surface area contributed by atoms with Crippen molar-refractivity contribution in [3.63, 3.8) is 0 Å². The van der Waals surface area contributed by atoms with Crippen molar-refractivity contribution in [2.24, 2.45) is 0 Å². The number of halogens is 3. The number of anilines is 2. The highest BCUT2D eigenvalue weighted by Gasteiger charge is 2.49. The first kappa shape index (κ1) is 38.6. The van der Waals surface area contributed by atoms with Gasteiger partial charge in [-0.05, 0) is 69.2 Å². The van der Waals surface area contributed by atoms with Crippen LogP contribution in [0.25, 0.3) is 0 Å². The van der Waals surface area contributed by atoms with E-state index in [1.54, 1.807) is 44.4 Å². The normalized spacial score (nSPS) is 17.7. The van der Waals surface area contributed by atoms with E-state index in [-0.39, 0.29) is 41.9 Å². The van der Waals surface area contributed by atoms with Crippen LogP contribution in [0.15, 0.2) is 75.5 Å². The minimum absolute atomic E-state index is 0.0258. The number of sulfonamides is 1. The van der Waals surface area contributed by atoms with E-state index in [4.69, 9.17) is 25.8 Å². The molecule has 274 valence electrons. The number of likely N-dealkylation sites (tertiary alicyclic amines) is 1. The maximum absolute atomic E-state index is 16.1. The van der Waals surface area contributed by atoms with Crippen LogP contribution >= 0.6 is 38.9 Å². The van der Waals surface area contributed by atoms with Crippen molar-refractivity contribution < 1.29 is 36.9 Å². The Hall–Kier alpha value is -3.63. The maximum Gasteiger partial charge on any atom is 0.410 e. The molecule has 11 nitrogen and oxygen atoms in total. The summed E-state index contributed by atoms with van der Waals surface area (Å²) in [5.41, 5.74) is -0.325. The van der Waals surface area contributed by atoms with Gasteiger partial charge in [0.2, 0.25) is 0 Å². The Morgan fingerprint density at radius 2 is 1.90 bits per heavy atom. The van der Waals surface area contributed by atoms with Crippen LogP contribution in [0.5, 0.6) is 11.5 Å². The Bertz CT molecular complexity index is 1960. The zero-order chi connectivity index (χ0) is 37.1. The molecule has 1 aliphatic heterocycles. The summed E-state index contributed by atoms with van der Waals surface area (Å²) in [5, 5.41) is 15.7. The molecule has 0 saturated carbocycles. The molecule has 2 heterocycles. The van der Waals surface area contributed by atoms with Gasteiger partial charge in [0.05, 0.1) is 49.7 Å². The molecule has 1 fully saturated rings. The number of aliphatic hydroxyl groups excluding tert-OH is 1. The Balaban J connectivity index is 1.48. The van der Waals surface area contributed by atoms with E-state index in [1.807, 2.05) is 24.3 Å². The molecule has 0 aliphatic carbocycles. The van der Waals surface area contributed by atoms with Crippen molar-refractivity contribution in [3.8, 4) is 11.5 Å². The average molecular weight is 826 g/mol. The lowest BCUT2D eigenvalue weighted by Crippen LogP contribution is -2.54. The van der Waals surface area contributed by atoms with Gasteiger partial charge in [-0.2, -0.15) is 0 Å². The van der Waals surface area contributed by atoms with Gasteiger partial charge >= 0.3 is 6.09 Å². The molecule has 2 unspecified atom stereocenters. The van der Waals surface area contributed by atoms with E-state index in [9.17, 15) is 18.3 Å². The van der Waals surface area contributed by atoms with Gasteiger partial charge < -0.3 is 24.6 Å². The minimum atomic E-state index is -4.56. The number of carbonyl (C=O) groups is 1. The Labute approximate surface area is 314 Å². The second kappa shape index (κ2) is 15.5. The zero-order valence-corrected chi connectivity index (χ0v) is 32.6. The highest BCUT2D eigenvalue weighted by Crippen LogP contribution is 2.38. The lowest BCUT2D eigenvalue weighted by Gasteiger charge is -2.39. The Morgan fingerprint density at radius 1 is 1.18 bits per heavy atom. The zero-order valence-electron chi connectivity index (χ0n) is 28.7. The van der Waals surface area contributed by atoms with Gasteiger partial charge in [0.15, 0.2) is 5.13 Å². The summed E-state index contributed by atoms with van der Waals surface area (Å²) in [6.45, 7) is 5.11. The molecule has 1 aromatic heterocycles. The molecular formula is C35H39BrClFN4O7S2. The highest BCUT2D eigenvalue weighted by molar-refractivity contribution is 9.10. The van der Waals surface area contributed by atoms with Gasteiger partial charge in [-0.15, -0.1) is 11.3 Å². The van der Waals surface area contributed by atoms with Gasteiger partial charge in [-0.1, -0.05) is 39.7 Å². The number of ether oxygens (including phenoxy) is 3. The highest BCUT2D eigenvalue weighted by atomic mass is 79.9. The van der Waals surface area contributed by atoms with Crippen LogP contribution < -0.4 is 19.1 Å². The standard InChI is InChI=1S/C35H39BrClFN4O7S2/c1-34(2,3)49-33(44)41-20-25(43)18-35(41,17-22-6-9-24(36)10-7-22)21-40-29-16-28(38)31(15-27(29)37)51(45,46)42(32-39-12-13-50-32)19-23-8-11-26(47-4)14-30(23)48-5/h6-16,25,40,43H,17-21H2,1-5H3. The van der Waals surface area contributed by atoms with E-state index in [2.05, 4.69) is 26.2 Å². The third kappa shape index (κ3) is 8.88. The summed E-state index contributed by atoms with van der Waals surface area (Å²) in [4.78, 5) is 18.5. The molecule has 16 heteroatoms. The monoisotopic (exact) mass is 824 g/mol. The molecule has 5 rings (SSSR count). The second-order valence-electron chi connectivity index (χ2n) is 13.1. The van der Waals surface area contributed by atoms with Crippen LogP contribution in [0.1, 0.15) is 38.3 Å². The molecule has 4 aromatic rings. The number of carbonyl (C=O) groups excluding carboxylic acids is 1. The van der Waals surface area contributed by atoms with Gasteiger partial charge in [0, 0.05) is 40.6 Å². The second-order valence-corrected chi connectivity index (χ2v) is 17.1. The number of benzene rings is 3. The molecule has 0 spiro atoms. The first-order valence-corrected chi connectivity index (χ1v) is 19.3. The van der Waals surface area contributed by atoms with Crippen LogP contribution in [0, 0.1) is 5.82 Å². The number of hydrogen-bond donors (Lipinski definition) is 2. The minimum Gasteiger partial charge on any atom is -0.497 e. The number of nitrogens with zero attached hydrogens (tertiary/aromatic N) is 3. The number of thiazole rings is 1. The number of β-amino-alcohol motifs (C(OH)–C–C–N with tert-alkyl or cyclic N) is 1. The summed E-state index contributed by atoms with van der Waals surface area (Å²) in [5.74, 6) is -0.165. The number of nitrogens with one attached hydrogen (secondary N) is 1. The van der Waals surface area contributed by atoms with Crippen LogP contribution in [-0.4, -0.2) is 74.1 Å². The summed E-state index contributed by atoms with van der Waals surface area (Å²) >= 11 is 11.2. The largest absolute Gasteiger partial charge is 0.497 e. The van der Waals surface area contributed by atoms with Crippen molar-refractivity contribution in [2.75, 3.05) is 36.9 Å². The number of amides is 1. The van der Waals surface area contributed by atoms with Gasteiger partial charge in [-0.25, -0.2) is 26.9 Å². The number of hydrogen-bond acceptors (Lipinski definition) is 10. The molecule has 2 atom stereocenters. The third-order valence-electron chi connectivity index (χ3n) is 8.28. The Kier molecular flexibility index (Phi) is 11.8. The molecule has 1 amide bonds. The molecular weight excluding hydrogens is 787 g/mol. The van der Waals surface area contributed by atoms with Crippen LogP contribution in [0.4, 0.5) is 20.0 Å². The Morgan fingerprint density at radius 3 is 2.53 bits per heavy atom. The fourth-order valence-electron chi connectivity index (χ4n) is 5.95. The summed E-state index contributed by atoms with van der Waals surface area (Å²) < 4.78 is 62.7. The lowest BCUT2D eigenvalue weighted by molar-refractivity contribution is 0.00895. The van der Waals surface area contributed by atoms with E-state index >= 15 is 4.39 Å². The molecule has 2 N–H and O–H groups in total. The van der Waals surface area contributed by atoms with Crippen LogP contribution in [0.2, 0.25) is 5.02 Å². The van der Waals surface area contributed by atoms with E-state index in [1.165, 1.54) is 25.3 Å². The molecule has 1 aliphatic rings. The summed E-state index contributed by atoms with van der Waals surface area (Å²) in [6, 6.07) is 14.6. The van der Waals surface area contributed by atoms with Crippen molar-refractivity contribution >= 4 is 65.8 Å². The molecule has 51 heavy (non-hydrogen) atoms. The first-order valence-electron chi connectivity index (χ1n) is 15.8. The van der Waals surface area contributed by atoms with Gasteiger partial charge in [0.1, 0.15) is 27.8 Å². The fraction of sp³-hybridized carbons (Fsp3) is 0.371. The summed E-state index contributed by atoms with van der Waals surface area (Å²) in [6.07, 6.45) is 0.519. The number of methoxy groups -OCH3 is 2. The predicted molar refractivity (Wildman–Crippen MR) is 199 cm³/mol. The number of aromatic nitrogens is 1. The van der Waals surface area contributed by atoms with Crippen LogP contribution in [-0.2, 0) is 27.7 Å². The topological polar surface area (TPSA) is 131 Å². The van der Waals surface area contributed by atoms with E-state index < -0.39 is 44.1 Å². The third-order valence-corrected chi connectivity index (χ3v) is 11.8. The molecule has 1 saturated heterocycles. The first-order chi connectivity index (χ1) is 24.0. The van der Waals surface area contributed by atoms with Gasteiger partial charge in [0.25, 0.3) is 10.0 Å². The van der Waals surface area contributed by atoms with E-state index in [0.29, 0.717) is 23.5 Å². The van der Waals surface area contributed by atoms with Gasteiger partial charge in [-0.3, -0.25) is 4.90 Å². The lowest BCUT2D eigenvalue weighted by atomic mass is 9.87. The number of aliphatic hydroxyl groups is 1. The van der Waals surface area contributed by atoms with Crippen molar-refractivity contribution in [1.29, 1.82) is 0 Å². The van der Waals surface area contributed by atoms with E-state index in [0.717, 1.165) is 37.8 Å². The van der Waals surface area contributed by atoms with Crippen molar-refractivity contribution in [2.45, 2.75) is 62.3 Å². The SMILES string of the molecule is COc1ccc(CN(c2nccs2)S(=O)(=O)c2cc(Cl)c(NCC3(Cc4ccc(Br)cc4)CC(O)CN3C(=O)OC(C)(C)C)cc2F)c(OC)c1. The molecule has 0 radical (unpaired) electrons. The maximum atomic E-state index is 16.1. The fourth-order valence-corrected chi connectivity index (χ4v) is 8.86. The predicted octanol–water partition coefficient (Wildman–Crippen LogP) is 7.51. The molecule has 0 bridgehead atoms. The average Bonchev–Trinajstić information content (AvgIpc) is 3.72. The van der Waals surface area contributed by atoms with Crippen LogP contribution in [0.3, 0.4) is 0 Å². The van der Waals surface area contributed by atoms with Crippen molar-refractivity contribution in [3.05, 3.63) is 92.6 Å².